The summed E-state index contributed by atoms with van der Waals surface area (Å²) >= 11 is 0. The second kappa shape index (κ2) is 15.6. The molecule has 14 heteroatoms. The van der Waals surface area contributed by atoms with Crippen LogP contribution in [0.25, 0.3) is 11.0 Å². The first kappa shape index (κ1) is 41.7. The third-order valence-electron chi connectivity index (χ3n) is 14.3. The van der Waals surface area contributed by atoms with Crippen molar-refractivity contribution < 1.29 is 32.0 Å². The van der Waals surface area contributed by atoms with Crippen LogP contribution in [-0.4, -0.2) is 91.4 Å². The number of hydrogen-bond donors (Lipinski definition) is 1. The van der Waals surface area contributed by atoms with E-state index in [0.717, 1.165) is 49.9 Å². The molecule has 6 aliphatic rings. The molecule has 3 saturated carbocycles. The van der Waals surface area contributed by atoms with Gasteiger partial charge in [0, 0.05) is 93.7 Å². The van der Waals surface area contributed by atoms with Crippen molar-refractivity contribution in [2.24, 2.45) is 16.2 Å². The van der Waals surface area contributed by atoms with E-state index in [1.54, 1.807) is 41.7 Å². The van der Waals surface area contributed by atoms with Gasteiger partial charge in [0.2, 0.25) is 0 Å². The molecule has 2 bridgehead atoms. The number of ether oxygens (including phenoxy) is 2. The monoisotopic (exact) mass is 853 g/mol. The van der Waals surface area contributed by atoms with Crippen molar-refractivity contribution in [3.8, 4) is 11.5 Å². The summed E-state index contributed by atoms with van der Waals surface area (Å²) in [4.78, 5) is 37.5. The maximum absolute atomic E-state index is 15.3. The Morgan fingerprint density at radius 3 is 2.48 bits per heavy atom. The van der Waals surface area contributed by atoms with E-state index in [0.29, 0.717) is 27.6 Å². The lowest BCUT2D eigenvalue weighted by molar-refractivity contribution is -0.385. The number of nitro groups is 1. The van der Waals surface area contributed by atoms with Crippen molar-refractivity contribution in [3.63, 3.8) is 0 Å². The quantitative estimate of drug-likeness (QED) is 0.0564. The number of aromatic amines is 1. The number of nitro benzene ring substituents is 1. The predicted octanol–water partition coefficient (Wildman–Crippen LogP) is 9.19. The number of rotatable bonds is 14. The summed E-state index contributed by atoms with van der Waals surface area (Å²) < 4.78 is 54.5. The zero-order valence-electron chi connectivity index (χ0n) is 35.4. The molecular weight excluding hydrogens is 798 g/mol. The van der Waals surface area contributed by atoms with Gasteiger partial charge in [-0.2, -0.15) is 0 Å². The third kappa shape index (κ3) is 8.47. The Bertz CT molecular complexity index is 2500. The number of anilines is 1. The smallest absolute Gasteiger partial charge is 0.273 e. The minimum Gasteiger partial charge on any atom is -0.455 e. The van der Waals surface area contributed by atoms with E-state index in [-0.39, 0.29) is 60.7 Å². The molecule has 2 aliphatic heterocycles. The molecule has 5 fully saturated rings. The minimum atomic E-state index is -4.34. The molecule has 4 heterocycles. The van der Waals surface area contributed by atoms with Crippen LogP contribution in [0.5, 0.6) is 11.5 Å². The summed E-state index contributed by atoms with van der Waals surface area (Å²) in [7, 11) is -4.34. The zero-order valence-corrected chi connectivity index (χ0v) is 36.3. The Labute approximate surface area is 357 Å². The normalized spacial score (nSPS) is 24.9. The van der Waals surface area contributed by atoms with Crippen LogP contribution in [-0.2, 0) is 21.0 Å². The average Bonchev–Trinajstić information content (AvgIpc) is 3.67. The topological polar surface area (TPSA) is 148 Å². The number of piperazine rings is 1. The fourth-order valence-corrected chi connectivity index (χ4v) is 12.3. The van der Waals surface area contributed by atoms with Crippen LogP contribution < -0.4 is 9.64 Å². The minimum absolute atomic E-state index is 0.0562. The first-order valence-electron chi connectivity index (χ1n) is 21.7. The van der Waals surface area contributed by atoms with Gasteiger partial charge in [0.05, 0.1) is 21.6 Å². The standard InChI is InChI=1S/C47H56FN5O7S/c1-44(2)11-8-34(39(25-44)46-29-45(3,30-46)31-46)27-51-16-18-52(19-17-51)35-5-7-38(42(23-35)60-36-22-33-10-15-49-43(33)50-26-36)41(54)28-61(57,58)37-6-4-32(40(24-37)53(55)56)9-12-47(48)13-20-59-21-14-47/h4-7,10,15,22-24,26H,8-9,11-14,16-21,25,27-31H2,1-3H3,(H,49,50). The number of halogens is 1. The molecular formula is C47H56FN5O7S. The number of aromatic nitrogens is 2. The lowest BCUT2D eigenvalue weighted by Gasteiger charge is -2.72. The van der Waals surface area contributed by atoms with Gasteiger partial charge in [-0.25, -0.2) is 17.8 Å². The van der Waals surface area contributed by atoms with Gasteiger partial charge in [0.15, 0.2) is 15.6 Å². The number of pyridine rings is 1. The number of hydrogen-bond acceptors (Lipinski definition) is 10. The molecule has 0 spiro atoms. The van der Waals surface area contributed by atoms with Gasteiger partial charge >= 0.3 is 0 Å². The number of H-pyrrole nitrogens is 1. The summed E-state index contributed by atoms with van der Waals surface area (Å²) in [5.41, 5.74) is 4.71. The highest BCUT2D eigenvalue weighted by molar-refractivity contribution is 7.92. The number of nitrogens with one attached hydrogen (secondary N) is 1. The molecule has 61 heavy (non-hydrogen) atoms. The van der Waals surface area contributed by atoms with Crippen LogP contribution >= 0.6 is 0 Å². The van der Waals surface area contributed by atoms with E-state index in [1.807, 2.05) is 12.1 Å². The van der Waals surface area contributed by atoms with Crippen LogP contribution in [0.1, 0.15) is 94.5 Å². The van der Waals surface area contributed by atoms with E-state index in [2.05, 4.69) is 40.5 Å². The van der Waals surface area contributed by atoms with E-state index < -0.39 is 37.7 Å². The Balaban J connectivity index is 0.924. The summed E-state index contributed by atoms with van der Waals surface area (Å²) in [6.07, 6.45) is 11.5. The number of carbonyl (C=O) groups excluding carboxylic acids is 1. The molecule has 1 N–H and O–H groups in total. The number of alkyl halides is 1. The lowest BCUT2D eigenvalue weighted by atomic mass is 9.33. The number of aryl methyl sites for hydroxylation is 1. The van der Waals surface area contributed by atoms with E-state index in [1.165, 1.54) is 50.7 Å². The number of Topliss-reactive ketones (excluding diaryl/α,β-unsaturated/α-hetero) is 1. The molecule has 12 nitrogen and oxygen atoms in total. The fraction of sp³-hybridized carbons (Fsp3) is 0.532. The Morgan fingerprint density at radius 2 is 1.75 bits per heavy atom. The van der Waals surface area contributed by atoms with Crippen molar-refractivity contribution in [3.05, 3.63) is 93.3 Å². The maximum Gasteiger partial charge on any atom is 0.273 e. The molecule has 4 aromatic rings. The van der Waals surface area contributed by atoms with Crippen molar-refractivity contribution in [2.45, 2.75) is 95.5 Å². The Kier molecular flexibility index (Phi) is 10.7. The summed E-state index contributed by atoms with van der Waals surface area (Å²) in [5, 5.41) is 12.9. The Morgan fingerprint density at radius 1 is 1.00 bits per heavy atom. The molecule has 0 atom stereocenters. The first-order valence-corrected chi connectivity index (χ1v) is 23.4. The number of nitrogens with zero attached hydrogens (tertiary/aromatic N) is 4. The van der Waals surface area contributed by atoms with E-state index >= 15 is 4.39 Å². The molecule has 0 unspecified atom stereocenters. The van der Waals surface area contributed by atoms with Gasteiger partial charge in [-0.05, 0) is 97.9 Å². The number of allylic oxidation sites excluding steroid dienone is 1. The highest BCUT2D eigenvalue weighted by Crippen LogP contribution is 2.77. The highest BCUT2D eigenvalue weighted by Gasteiger charge is 2.66. The van der Waals surface area contributed by atoms with Gasteiger partial charge in [-0.3, -0.25) is 19.8 Å². The van der Waals surface area contributed by atoms with E-state index in [4.69, 9.17) is 9.47 Å². The van der Waals surface area contributed by atoms with Crippen LogP contribution in [0.3, 0.4) is 0 Å². The molecule has 2 saturated heterocycles. The van der Waals surface area contributed by atoms with Crippen molar-refractivity contribution in [1.82, 2.24) is 14.9 Å². The van der Waals surface area contributed by atoms with Crippen LogP contribution in [0.4, 0.5) is 15.8 Å². The molecule has 2 aromatic heterocycles. The number of benzene rings is 2. The first-order chi connectivity index (χ1) is 29.0. The number of ketones is 1. The largest absolute Gasteiger partial charge is 0.455 e. The highest BCUT2D eigenvalue weighted by atomic mass is 32.2. The molecule has 10 rings (SSSR count). The second-order valence-electron chi connectivity index (χ2n) is 19.7. The summed E-state index contributed by atoms with van der Waals surface area (Å²) in [6.45, 7) is 12.2. The van der Waals surface area contributed by atoms with Crippen LogP contribution in [0.2, 0.25) is 0 Å². The number of fused-ring (bicyclic) bond motifs is 1. The maximum atomic E-state index is 15.3. The van der Waals surface area contributed by atoms with E-state index in [9.17, 15) is 23.3 Å². The van der Waals surface area contributed by atoms with Gasteiger partial charge < -0.3 is 19.4 Å². The van der Waals surface area contributed by atoms with Crippen LogP contribution in [0, 0.1) is 26.4 Å². The SMILES string of the molecule is CC1(C)CCC(CN2CCN(c3ccc(C(=O)CS(=O)(=O)c4ccc(CCC5(F)CCOCC5)c([N+](=O)[O-])c4)c(Oc4cnc5[nH]ccc5c4)c3)CC2)=C(C23CC(C)(C2)C3)C1. The number of sulfone groups is 1. The Hall–Kier alpha value is -4.66. The molecule has 324 valence electrons. The summed E-state index contributed by atoms with van der Waals surface area (Å²) in [5.74, 6) is -1.08. The van der Waals surface area contributed by atoms with Gasteiger partial charge in [0.25, 0.3) is 5.69 Å². The van der Waals surface area contributed by atoms with Gasteiger partial charge in [-0.1, -0.05) is 38.0 Å². The fourth-order valence-electron chi connectivity index (χ4n) is 11.0. The number of carbonyl (C=O) groups is 1. The van der Waals surface area contributed by atoms with Crippen molar-refractivity contribution in [2.75, 3.05) is 56.6 Å². The summed E-state index contributed by atoms with van der Waals surface area (Å²) in [6, 6.07) is 12.5. The molecule has 2 aromatic carbocycles. The molecule has 0 amide bonds. The lowest BCUT2D eigenvalue weighted by Crippen LogP contribution is -2.61. The molecule has 0 radical (unpaired) electrons. The predicted molar refractivity (Wildman–Crippen MR) is 232 cm³/mol. The average molecular weight is 854 g/mol. The zero-order chi connectivity index (χ0) is 42.8. The van der Waals surface area contributed by atoms with Crippen molar-refractivity contribution in [1.29, 1.82) is 0 Å². The van der Waals surface area contributed by atoms with Crippen molar-refractivity contribution >= 4 is 38.0 Å². The molecule has 4 aliphatic carbocycles. The second-order valence-corrected chi connectivity index (χ2v) is 21.7. The van der Waals surface area contributed by atoms with Gasteiger partial charge in [0.1, 0.15) is 28.6 Å². The van der Waals surface area contributed by atoms with Crippen LogP contribution in [0.15, 0.2) is 77.0 Å². The van der Waals surface area contributed by atoms with Gasteiger partial charge in [-0.15, -0.1) is 0 Å². The third-order valence-corrected chi connectivity index (χ3v) is 15.9.